The summed E-state index contributed by atoms with van der Waals surface area (Å²) in [4.78, 5) is 26.1. The molecule has 0 spiro atoms. The summed E-state index contributed by atoms with van der Waals surface area (Å²) in [6.45, 7) is 3.91. The number of esters is 1. The average molecular weight is 424 g/mol. The summed E-state index contributed by atoms with van der Waals surface area (Å²) in [6, 6.07) is 15.2. The van der Waals surface area contributed by atoms with E-state index in [1.165, 1.54) is 0 Å². The van der Waals surface area contributed by atoms with E-state index >= 15 is 0 Å². The number of ketones is 1. The Hall–Kier alpha value is -2.66. The minimum Gasteiger partial charge on any atom is -0.463 e. The van der Waals surface area contributed by atoms with Crippen LogP contribution in [-0.4, -0.2) is 18.4 Å². The van der Waals surface area contributed by atoms with Crippen LogP contribution in [0.15, 0.2) is 69.8 Å². The lowest BCUT2D eigenvalue weighted by atomic mass is 9.80. The molecular weight excluding hydrogens is 406 g/mol. The Morgan fingerprint density at radius 2 is 1.78 bits per heavy atom. The van der Waals surface area contributed by atoms with Crippen LogP contribution in [0.3, 0.4) is 0 Å². The fraction of sp³-hybridized carbons (Fsp3) is 0.182. The molecule has 1 aliphatic heterocycles. The Morgan fingerprint density at radius 3 is 2.48 bits per heavy atom. The summed E-state index contributed by atoms with van der Waals surface area (Å²) < 4.78 is 6.17. The lowest BCUT2D eigenvalue weighted by Crippen LogP contribution is -2.29. The van der Waals surface area contributed by atoms with Gasteiger partial charge < -0.3 is 10.1 Å². The van der Waals surface area contributed by atoms with Crippen LogP contribution in [0, 0.1) is 0 Å². The van der Waals surface area contributed by atoms with Gasteiger partial charge >= 0.3 is 5.97 Å². The highest BCUT2D eigenvalue weighted by Crippen LogP contribution is 2.48. The number of ether oxygens (including phenoxy) is 1. The van der Waals surface area contributed by atoms with Gasteiger partial charge in [0, 0.05) is 32.8 Å². The first kappa shape index (κ1) is 17.7. The van der Waals surface area contributed by atoms with E-state index in [1.807, 2.05) is 55.5 Å². The number of hydrogen-bond acceptors (Lipinski definition) is 4. The zero-order valence-electron chi connectivity index (χ0n) is 15.0. The third-order valence-electron chi connectivity index (χ3n) is 4.96. The molecule has 27 heavy (non-hydrogen) atoms. The van der Waals surface area contributed by atoms with Crippen molar-refractivity contribution in [3.63, 3.8) is 0 Å². The lowest BCUT2D eigenvalue weighted by Gasteiger charge is -2.29. The van der Waals surface area contributed by atoms with Crippen molar-refractivity contribution in [1.82, 2.24) is 5.32 Å². The van der Waals surface area contributed by atoms with Gasteiger partial charge in [-0.25, -0.2) is 4.79 Å². The molecule has 0 fully saturated rings. The second-order valence-corrected chi connectivity index (χ2v) is 7.36. The van der Waals surface area contributed by atoms with E-state index in [4.69, 9.17) is 4.74 Å². The van der Waals surface area contributed by atoms with E-state index in [9.17, 15) is 9.59 Å². The van der Waals surface area contributed by atoms with E-state index in [0.717, 1.165) is 21.3 Å². The molecular formula is C22H18BrNO3. The van der Waals surface area contributed by atoms with Gasteiger partial charge in [-0.15, -0.1) is 0 Å². The molecule has 136 valence electrons. The SMILES string of the molecule is CCOC(=O)C1=C(C)NC2=C(C(=O)c3ccccc32)[C@H]1c1ccccc1Br. The summed E-state index contributed by atoms with van der Waals surface area (Å²) in [5, 5.41) is 3.30. The Balaban J connectivity index is 1.96. The summed E-state index contributed by atoms with van der Waals surface area (Å²) in [5.74, 6) is -0.947. The quantitative estimate of drug-likeness (QED) is 0.733. The van der Waals surface area contributed by atoms with Gasteiger partial charge in [-0.1, -0.05) is 58.4 Å². The maximum Gasteiger partial charge on any atom is 0.336 e. The van der Waals surface area contributed by atoms with Crippen molar-refractivity contribution in [3.05, 3.63) is 86.5 Å². The Morgan fingerprint density at radius 1 is 1.11 bits per heavy atom. The molecule has 2 aromatic rings. The largest absolute Gasteiger partial charge is 0.463 e. The molecule has 0 amide bonds. The minimum absolute atomic E-state index is 0.0526. The van der Waals surface area contributed by atoms with Gasteiger partial charge in [0.2, 0.25) is 0 Å². The highest BCUT2D eigenvalue weighted by atomic mass is 79.9. The summed E-state index contributed by atoms with van der Waals surface area (Å²) in [6.07, 6.45) is 0. The van der Waals surface area contributed by atoms with Crippen molar-refractivity contribution in [1.29, 1.82) is 0 Å². The summed E-state index contributed by atoms with van der Waals surface area (Å²) in [5.41, 5.74) is 4.96. The first-order chi connectivity index (χ1) is 13.0. The van der Waals surface area contributed by atoms with Crippen molar-refractivity contribution < 1.29 is 14.3 Å². The molecule has 4 nitrogen and oxygen atoms in total. The molecule has 0 saturated heterocycles. The predicted molar refractivity (Wildman–Crippen MR) is 107 cm³/mol. The number of dihydropyridines is 1. The van der Waals surface area contributed by atoms with Crippen LogP contribution in [0.4, 0.5) is 0 Å². The van der Waals surface area contributed by atoms with Crippen LogP contribution >= 0.6 is 15.9 Å². The van der Waals surface area contributed by atoms with Crippen molar-refractivity contribution in [3.8, 4) is 0 Å². The van der Waals surface area contributed by atoms with E-state index in [2.05, 4.69) is 21.2 Å². The zero-order valence-corrected chi connectivity index (χ0v) is 16.6. The number of hydrogen-bond donors (Lipinski definition) is 1. The predicted octanol–water partition coefficient (Wildman–Crippen LogP) is 4.58. The van der Waals surface area contributed by atoms with Crippen LogP contribution in [-0.2, 0) is 9.53 Å². The summed E-state index contributed by atoms with van der Waals surface area (Å²) >= 11 is 3.59. The molecule has 4 rings (SSSR count). The molecule has 5 heteroatoms. The van der Waals surface area contributed by atoms with Crippen LogP contribution in [0.2, 0.25) is 0 Å². The normalized spacial score (nSPS) is 18.2. The first-order valence-electron chi connectivity index (χ1n) is 8.82. The molecule has 0 saturated carbocycles. The number of carbonyl (C=O) groups is 2. The zero-order chi connectivity index (χ0) is 19.1. The molecule has 0 aromatic heterocycles. The van der Waals surface area contributed by atoms with Gasteiger partial charge in [-0.2, -0.15) is 0 Å². The number of halogens is 1. The molecule has 2 aromatic carbocycles. The molecule has 0 unspecified atom stereocenters. The highest BCUT2D eigenvalue weighted by molar-refractivity contribution is 9.10. The highest BCUT2D eigenvalue weighted by Gasteiger charge is 2.43. The van der Waals surface area contributed by atoms with Crippen molar-refractivity contribution >= 4 is 33.4 Å². The maximum absolute atomic E-state index is 13.3. The second kappa shape index (κ2) is 6.82. The molecule has 1 N–H and O–H groups in total. The van der Waals surface area contributed by atoms with Crippen LogP contribution in [0.1, 0.15) is 41.3 Å². The third-order valence-corrected chi connectivity index (χ3v) is 5.68. The number of allylic oxidation sites excluding steroid dienone is 2. The molecule has 1 heterocycles. The van der Waals surface area contributed by atoms with E-state index in [-0.39, 0.29) is 12.4 Å². The maximum atomic E-state index is 13.3. The summed E-state index contributed by atoms with van der Waals surface area (Å²) in [7, 11) is 0. The number of carbonyl (C=O) groups excluding carboxylic acids is 2. The van der Waals surface area contributed by atoms with Gasteiger partial charge in [0.1, 0.15) is 0 Å². The lowest BCUT2D eigenvalue weighted by molar-refractivity contribution is -0.138. The fourth-order valence-corrected chi connectivity index (χ4v) is 4.34. The van der Waals surface area contributed by atoms with Gasteiger partial charge in [0.25, 0.3) is 0 Å². The van der Waals surface area contributed by atoms with Gasteiger partial charge in [0.15, 0.2) is 5.78 Å². The van der Waals surface area contributed by atoms with Crippen molar-refractivity contribution in [2.75, 3.05) is 6.61 Å². The average Bonchev–Trinajstić information content (AvgIpc) is 2.94. The second-order valence-electron chi connectivity index (χ2n) is 6.50. The van der Waals surface area contributed by atoms with Crippen molar-refractivity contribution in [2.45, 2.75) is 19.8 Å². The number of Topliss-reactive ketones (excluding diaryl/α,β-unsaturated/α-hetero) is 1. The van der Waals surface area contributed by atoms with Crippen LogP contribution in [0.5, 0.6) is 0 Å². The van der Waals surface area contributed by atoms with Crippen molar-refractivity contribution in [2.24, 2.45) is 0 Å². The van der Waals surface area contributed by atoms with Gasteiger partial charge in [-0.3, -0.25) is 4.79 Å². The molecule has 0 radical (unpaired) electrons. The van der Waals surface area contributed by atoms with Gasteiger partial charge in [0.05, 0.1) is 17.9 Å². The van der Waals surface area contributed by atoms with E-state index in [0.29, 0.717) is 22.4 Å². The standard InChI is InChI=1S/C22H18BrNO3/c1-3-27-22(26)17-12(2)24-20-13-8-4-5-9-14(13)21(25)19(20)18(17)15-10-6-7-11-16(15)23/h4-11,18,24H,3H2,1-2H3/t18-/m0/s1. The first-order valence-corrected chi connectivity index (χ1v) is 9.61. The van der Waals surface area contributed by atoms with Crippen LogP contribution in [0.25, 0.3) is 5.70 Å². The minimum atomic E-state index is -0.490. The van der Waals surface area contributed by atoms with E-state index in [1.54, 1.807) is 6.92 Å². The number of nitrogens with one attached hydrogen (secondary N) is 1. The topological polar surface area (TPSA) is 55.4 Å². The molecule has 2 aliphatic rings. The number of fused-ring (bicyclic) bond motifs is 2. The Labute approximate surface area is 166 Å². The van der Waals surface area contributed by atoms with Gasteiger partial charge in [-0.05, 0) is 25.5 Å². The van der Waals surface area contributed by atoms with Crippen LogP contribution < -0.4 is 5.32 Å². The fourth-order valence-electron chi connectivity index (χ4n) is 3.83. The third kappa shape index (κ3) is 2.73. The molecule has 1 aliphatic carbocycles. The Bertz CT molecular complexity index is 1040. The monoisotopic (exact) mass is 423 g/mol. The number of rotatable bonds is 3. The number of benzene rings is 2. The Kier molecular flexibility index (Phi) is 4.48. The molecule has 1 atom stereocenters. The molecule has 0 bridgehead atoms. The smallest absolute Gasteiger partial charge is 0.336 e. The van der Waals surface area contributed by atoms with E-state index < -0.39 is 11.9 Å².